The van der Waals surface area contributed by atoms with Gasteiger partial charge in [-0.2, -0.15) is 0 Å². The van der Waals surface area contributed by atoms with Crippen molar-refractivity contribution in [3.05, 3.63) is 5.89 Å². The summed E-state index contributed by atoms with van der Waals surface area (Å²) in [6, 6.07) is -0.377. The molecular weight excluding hydrogens is 290 g/mol. The number of carbonyl (C=O) groups is 1. The van der Waals surface area contributed by atoms with Crippen molar-refractivity contribution in [2.75, 3.05) is 5.75 Å². The van der Waals surface area contributed by atoms with Crippen LogP contribution in [-0.4, -0.2) is 27.6 Å². The highest BCUT2D eigenvalue weighted by Crippen LogP contribution is 2.21. The minimum atomic E-state index is -0.529. The number of nitrogens with one attached hydrogen (secondary N) is 1. The largest absolute Gasteiger partial charge is 0.444 e. The van der Waals surface area contributed by atoms with Crippen LogP contribution in [0.1, 0.15) is 65.8 Å². The van der Waals surface area contributed by atoms with Crippen molar-refractivity contribution in [1.82, 2.24) is 15.5 Å². The molecule has 1 amide bonds. The Kier molecular flexibility index (Phi) is 7.01. The van der Waals surface area contributed by atoms with E-state index in [1.54, 1.807) is 18.7 Å². The smallest absolute Gasteiger partial charge is 0.408 e. The van der Waals surface area contributed by atoms with Crippen LogP contribution in [-0.2, 0) is 4.74 Å². The van der Waals surface area contributed by atoms with Crippen molar-refractivity contribution < 1.29 is 13.9 Å². The Morgan fingerprint density at radius 3 is 2.71 bits per heavy atom. The maximum Gasteiger partial charge on any atom is 0.408 e. The van der Waals surface area contributed by atoms with Gasteiger partial charge < -0.3 is 14.5 Å². The molecule has 0 radical (unpaired) electrons. The quantitative estimate of drug-likeness (QED) is 0.606. The summed E-state index contributed by atoms with van der Waals surface area (Å²) in [5.74, 6) is 1.35. The van der Waals surface area contributed by atoms with Crippen LogP contribution >= 0.6 is 11.8 Å². The van der Waals surface area contributed by atoms with Crippen LogP contribution in [0.4, 0.5) is 4.79 Å². The molecule has 1 atom stereocenters. The molecular formula is C14H25N3O3S. The monoisotopic (exact) mass is 315 g/mol. The first-order valence-corrected chi connectivity index (χ1v) is 8.26. The van der Waals surface area contributed by atoms with E-state index in [1.165, 1.54) is 12.8 Å². The molecule has 0 spiro atoms. The summed E-state index contributed by atoms with van der Waals surface area (Å²) < 4.78 is 10.7. The maximum absolute atomic E-state index is 11.7. The summed E-state index contributed by atoms with van der Waals surface area (Å²) in [4.78, 5) is 11.7. The third-order valence-electron chi connectivity index (χ3n) is 2.50. The van der Waals surface area contributed by atoms with Gasteiger partial charge in [0.15, 0.2) is 0 Å². The number of rotatable bonds is 7. The van der Waals surface area contributed by atoms with Gasteiger partial charge >= 0.3 is 6.09 Å². The van der Waals surface area contributed by atoms with E-state index < -0.39 is 11.7 Å². The number of alkyl carbamates (subject to hydrolysis) is 1. The molecule has 0 aliphatic heterocycles. The normalized spacial score (nSPS) is 13.0. The van der Waals surface area contributed by atoms with Gasteiger partial charge in [-0.15, -0.1) is 10.2 Å². The molecule has 0 saturated heterocycles. The Balaban J connectivity index is 2.42. The van der Waals surface area contributed by atoms with E-state index in [2.05, 4.69) is 22.4 Å². The van der Waals surface area contributed by atoms with E-state index >= 15 is 0 Å². The van der Waals surface area contributed by atoms with Crippen molar-refractivity contribution in [3.8, 4) is 0 Å². The van der Waals surface area contributed by atoms with E-state index in [9.17, 15) is 4.79 Å². The molecule has 1 aromatic rings. The summed E-state index contributed by atoms with van der Waals surface area (Å²) in [5.41, 5.74) is -0.529. The highest BCUT2D eigenvalue weighted by molar-refractivity contribution is 7.99. The van der Waals surface area contributed by atoms with Crippen LogP contribution in [0.3, 0.4) is 0 Å². The van der Waals surface area contributed by atoms with Crippen LogP contribution in [0.5, 0.6) is 0 Å². The summed E-state index contributed by atoms with van der Waals surface area (Å²) in [6.45, 7) is 9.39. The fourth-order valence-electron chi connectivity index (χ4n) is 1.51. The predicted molar refractivity (Wildman–Crippen MR) is 82.3 cm³/mol. The number of hydrogen-bond acceptors (Lipinski definition) is 6. The Morgan fingerprint density at radius 1 is 1.38 bits per heavy atom. The second-order valence-corrected chi connectivity index (χ2v) is 6.88. The molecule has 7 heteroatoms. The third kappa shape index (κ3) is 7.36. The number of hydrogen-bond donors (Lipinski definition) is 1. The molecule has 1 unspecified atom stereocenters. The molecule has 0 aliphatic carbocycles. The van der Waals surface area contributed by atoms with Crippen LogP contribution in [0.2, 0.25) is 0 Å². The highest BCUT2D eigenvalue weighted by Gasteiger charge is 2.21. The minimum absolute atomic E-state index is 0.377. The van der Waals surface area contributed by atoms with Crippen molar-refractivity contribution >= 4 is 17.9 Å². The molecule has 6 nitrogen and oxygen atoms in total. The minimum Gasteiger partial charge on any atom is -0.444 e. The Bertz CT molecular complexity index is 443. The lowest BCUT2D eigenvalue weighted by atomic mass is 10.2. The third-order valence-corrected chi connectivity index (χ3v) is 3.40. The lowest BCUT2D eigenvalue weighted by Gasteiger charge is -2.20. The van der Waals surface area contributed by atoms with Gasteiger partial charge in [0.1, 0.15) is 11.6 Å². The predicted octanol–water partition coefficient (Wildman–Crippen LogP) is 3.94. The molecule has 1 N–H and O–H groups in total. The molecule has 120 valence electrons. The average molecular weight is 315 g/mol. The molecule has 1 heterocycles. The Hall–Kier alpha value is -1.24. The SMILES string of the molecule is CCCCCSc1nnc(C(C)NC(=O)OC(C)(C)C)o1. The number of carbonyl (C=O) groups excluding carboxylic acids is 1. The van der Waals surface area contributed by atoms with Gasteiger partial charge in [-0.1, -0.05) is 31.5 Å². The molecule has 1 aromatic heterocycles. The maximum atomic E-state index is 11.7. The molecule has 0 aliphatic rings. The first-order valence-electron chi connectivity index (χ1n) is 7.27. The van der Waals surface area contributed by atoms with Crippen molar-refractivity contribution in [3.63, 3.8) is 0 Å². The molecule has 0 saturated carbocycles. The molecule has 1 rings (SSSR count). The number of thioether (sulfide) groups is 1. The number of nitrogens with zero attached hydrogens (tertiary/aromatic N) is 2. The van der Waals surface area contributed by atoms with Crippen molar-refractivity contribution in [2.45, 2.75) is 70.7 Å². The number of amides is 1. The molecule has 0 fully saturated rings. The van der Waals surface area contributed by atoms with Gasteiger partial charge in [0, 0.05) is 5.75 Å². The Morgan fingerprint density at radius 2 is 2.10 bits per heavy atom. The zero-order valence-electron chi connectivity index (χ0n) is 13.4. The molecule has 0 aromatic carbocycles. The second-order valence-electron chi connectivity index (χ2n) is 5.83. The number of aromatic nitrogens is 2. The van der Waals surface area contributed by atoms with E-state index in [0.29, 0.717) is 11.1 Å². The topological polar surface area (TPSA) is 77.2 Å². The van der Waals surface area contributed by atoms with Crippen LogP contribution in [0, 0.1) is 0 Å². The van der Waals surface area contributed by atoms with Crippen LogP contribution < -0.4 is 5.32 Å². The number of ether oxygens (including phenoxy) is 1. The lowest BCUT2D eigenvalue weighted by molar-refractivity contribution is 0.0500. The van der Waals surface area contributed by atoms with Gasteiger partial charge in [-0.3, -0.25) is 0 Å². The van der Waals surface area contributed by atoms with E-state index in [1.807, 2.05) is 20.8 Å². The van der Waals surface area contributed by atoms with Crippen molar-refractivity contribution in [2.24, 2.45) is 0 Å². The standard InChI is InChI=1S/C14H25N3O3S/c1-6-7-8-9-21-13-17-16-11(19-13)10(2)15-12(18)20-14(3,4)5/h10H,6-9H2,1-5H3,(H,15,18). The zero-order valence-corrected chi connectivity index (χ0v) is 14.2. The van der Waals surface area contributed by atoms with Crippen LogP contribution in [0.15, 0.2) is 9.64 Å². The zero-order chi connectivity index (χ0) is 15.9. The summed E-state index contributed by atoms with van der Waals surface area (Å²) in [5, 5.41) is 11.1. The van der Waals surface area contributed by atoms with E-state index in [-0.39, 0.29) is 6.04 Å². The van der Waals surface area contributed by atoms with E-state index in [0.717, 1.165) is 12.2 Å². The summed E-state index contributed by atoms with van der Waals surface area (Å²) >= 11 is 1.54. The lowest BCUT2D eigenvalue weighted by Crippen LogP contribution is -2.34. The van der Waals surface area contributed by atoms with Gasteiger partial charge in [0.25, 0.3) is 5.22 Å². The van der Waals surface area contributed by atoms with Gasteiger partial charge in [0.05, 0.1) is 0 Å². The molecule has 0 bridgehead atoms. The summed E-state index contributed by atoms with van der Waals surface area (Å²) in [7, 11) is 0. The highest BCUT2D eigenvalue weighted by atomic mass is 32.2. The number of unbranched alkanes of at least 4 members (excludes halogenated alkanes) is 2. The van der Waals surface area contributed by atoms with Crippen molar-refractivity contribution in [1.29, 1.82) is 0 Å². The van der Waals surface area contributed by atoms with E-state index in [4.69, 9.17) is 9.15 Å². The van der Waals surface area contributed by atoms with Gasteiger partial charge in [-0.25, -0.2) is 4.79 Å². The second kappa shape index (κ2) is 8.26. The first-order chi connectivity index (χ1) is 9.81. The van der Waals surface area contributed by atoms with Gasteiger partial charge in [-0.05, 0) is 34.1 Å². The first kappa shape index (κ1) is 17.8. The molecule has 21 heavy (non-hydrogen) atoms. The Labute approximate surface area is 130 Å². The van der Waals surface area contributed by atoms with Gasteiger partial charge in [0.2, 0.25) is 5.89 Å². The average Bonchev–Trinajstić information content (AvgIpc) is 2.81. The fourth-order valence-corrected chi connectivity index (χ4v) is 2.28. The fraction of sp³-hybridized carbons (Fsp3) is 0.786. The van der Waals surface area contributed by atoms with Crippen LogP contribution in [0.25, 0.3) is 0 Å². The summed E-state index contributed by atoms with van der Waals surface area (Å²) in [6.07, 6.45) is 3.02.